The van der Waals surface area contributed by atoms with E-state index in [2.05, 4.69) is 139 Å². The second kappa shape index (κ2) is 13.6. The van der Waals surface area contributed by atoms with Gasteiger partial charge in [-0.2, -0.15) is 0 Å². The van der Waals surface area contributed by atoms with Crippen molar-refractivity contribution in [3.05, 3.63) is 35.9 Å². The van der Waals surface area contributed by atoms with Gasteiger partial charge in [0.15, 0.2) is 19.5 Å². The lowest BCUT2D eigenvalue weighted by molar-refractivity contribution is -0.0136. The molecule has 1 fully saturated rings. The van der Waals surface area contributed by atoms with E-state index >= 15 is 0 Å². The molecule has 1 aromatic carbocycles. The summed E-state index contributed by atoms with van der Waals surface area (Å²) in [7, 11) is -10.3. The fourth-order valence-electron chi connectivity index (χ4n) is 11.7. The summed E-state index contributed by atoms with van der Waals surface area (Å²) in [6, 6.07) is 10.1. The van der Waals surface area contributed by atoms with E-state index in [0.29, 0.717) is 5.78 Å². The molecule has 3 nitrogen and oxygen atoms in total. The minimum Gasteiger partial charge on any atom is -0.422 e. The van der Waals surface area contributed by atoms with Crippen LogP contribution in [0.2, 0.25) is 118 Å². The summed E-state index contributed by atoms with van der Waals surface area (Å²) >= 11 is 0. The fourth-order valence-corrected chi connectivity index (χ4v) is 200. The van der Waals surface area contributed by atoms with Gasteiger partial charge in [0.05, 0.1) is 57.8 Å². The highest BCUT2D eigenvalue weighted by molar-refractivity contribution is 7.88. The fraction of sp³-hybridized carbons (Fsp3) is 0.800. The van der Waals surface area contributed by atoms with Gasteiger partial charge in [0.2, 0.25) is 0 Å². The topological polar surface area (TPSA) is 35.5 Å². The maximum Gasteiger partial charge on any atom is 0.168 e. The number of carbonyl (C=O) groups is 1. The number of ketones is 1. The lowest BCUT2D eigenvalue weighted by atomic mass is 9.78. The SMILES string of the molecule is CC(C)(C)[C@@H](O[Si]([Si](C)(C)C)([Si](C)(C)C)[Si](C)(C)C)[C@@H]1CC[C@@H](C(=O)c2ccccc2)[C@@H]1O[Si]([Si](C)(C)C)([Si](C)(C)C)[Si](C)(C)C. The number of benzene rings is 1. The van der Waals surface area contributed by atoms with Crippen LogP contribution in [-0.4, -0.2) is 77.3 Å². The summed E-state index contributed by atoms with van der Waals surface area (Å²) in [5.74, 6) is 0.442. The minimum absolute atomic E-state index is 0.0458. The molecule has 0 unspecified atom stereocenters. The van der Waals surface area contributed by atoms with Crippen molar-refractivity contribution in [3.8, 4) is 0 Å². The summed E-state index contributed by atoms with van der Waals surface area (Å²) < 4.78 is 16.6. The van der Waals surface area contributed by atoms with Gasteiger partial charge in [-0.3, -0.25) is 4.79 Å². The van der Waals surface area contributed by atoms with Gasteiger partial charge < -0.3 is 8.85 Å². The van der Waals surface area contributed by atoms with Crippen LogP contribution in [0.3, 0.4) is 0 Å². The van der Waals surface area contributed by atoms with E-state index in [1.54, 1.807) is 0 Å². The molecule has 0 N–H and O–H groups in total. The van der Waals surface area contributed by atoms with Crippen molar-refractivity contribution in [2.24, 2.45) is 17.3 Å². The van der Waals surface area contributed by atoms with Crippen LogP contribution in [0.25, 0.3) is 0 Å². The van der Waals surface area contributed by atoms with Gasteiger partial charge in [-0.25, -0.2) is 0 Å². The molecule has 46 heavy (non-hydrogen) atoms. The van der Waals surface area contributed by atoms with Gasteiger partial charge in [-0.15, -0.1) is 0 Å². The molecule has 1 saturated carbocycles. The number of hydrogen-bond acceptors (Lipinski definition) is 3. The largest absolute Gasteiger partial charge is 0.422 e. The second-order valence-corrected chi connectivity index (χ2v) is 101. The van der Waals surface area contributed by atoms with Gasteiger partial charge in [0, 0.05) is 17.4 Å². The van der Waals surface area contributed by atoms with Crippen LogP contribution in [0, 0.1) is 17.3 Å². The molecule has 1 aliphatic carbocycles. The lowest BCUT2D eigenvalue weighted by Crippen LogP contribution is -2.86. The van der Waals surface area contributed by atoms with Crippen molar-refractivity contribution >= 4 is 65.1 Å². The molecular weight excluding hydrogens is 693 g/mol. The molecule has 0 spiro atoms. The quantitative estimate of drug-likeness (QED) is 0.148. The van der Waals surface area contributed by atoms with Crippen LogP contribution >= 0.6 is 0 Å². The zero-order valence-electron chi connectivity index (χ0n) is 34.3. The number of rotatable bonds is 13. The van der Waals surface area contributed by atoms with Crippen molar-refractivity contribution in [2.75, 3.05) is 0 Å². The highest BCUT2D eigenvalue weighted by Crippen LogP contribution is 2.50. The molecule has 0 radical (unpaired) electrons. The molecule has 0 aromatic heterocycles. The zero-order valence-corrected chi connectivity index (χ0v) is 42.3. The van der Waals surface area contributed by atoms with E-state index in [1.807, 2.05) is 30.3 Å². The van der Waals surface area contributed by atoms with Crippen molar-refractivity contribution in [2.45, 2.75) is 164 Å². The van der Waals surface area contributed by atoms with Gasteiger partial charge in [-0.05, 0) is 18.3 Å². The Morgan fingerprint density at radius 1 is 0.609 bits per heavy atom. The first-order valence-corrected chi connectivity index (χ1v) is 49.0. The normalized spacial score (nSPS) is 22.2. The molecule has 4 atom stereocenters. The minimum atomic E-state index is -2.22. The highest BCUT2D eigenvalue weighted by Gasteiger charge is 2.68. The zero-order chi connectivity index (χ0) is 36.3. The predicted octanol–water partition coefficient (Wildman–Crippen LogP) is 11.1. The molecule has 2 rings (SSSR count). The summed E-state index contributed by atoms with van der Waals surface area (Å²) in [6.45, 7) is 50.2. The summed E-state index contributed by atoms with van der Waals surface area (Å²) in [5.41, 5.74) is 0.807. The predicted molar refractivity (Wildman–Crippen MR) is 228 cm³/mol. The summed E-state index contributed by atoms with van der Waals surface area (Å²) in [6.07, 6.45) is 1.97. The van der Waals surface area contributed by atoms with Gasteiger partial charge in [-0.1, -0.05) is 169 Å². The first kappa shape index (κ1) is 42.7. The summed E-state index contributed by atoms with van der Waals surface area (Å²) in [5, 5.41) is 0. The van der Waals surface area contributed by atoms with Crippen LogP contribution in [-0.2, 0) is 8.85 Å². The lowest BCUT2D eigenvalue weighted by Gasteiger charge is -2.61. The Balaban J connectivity index is 2.99. The van der Waals surface area contributed by atoms with Crippen molar-refractivity contribution in [1.29, 1.82) is 0 Å². The van der Waals surface area contributed by atoms with Gasteiger partial charge in [0.25, 0.3) is 0 Å². The van der Waals surface area contributed by atoms with E-state index < -0.39 is 59.3 Å². The Labute approximate surface area is 293 Å². The summed E-state index contributed by atoms with van der Waals surface area (Å²) in [4.78, 5) is 14.6. The first-order valence-electron chi connectivity index (χ1n) is 18.1. The first-order chi connectivity index (χ1) is 20.2. The Morgan fingerprint density at radius 2 is 0.978 bits per heavy atom. The van der Waals surface area contributed by atoms with Crippen molar-refractivity contribution in [1.82, 2.24) is 0 Å². The average Bonchev–Trinajstić information content (AvgIpc) is 3.19. The van der Waals surface area contributed by atoms with Crippen LogP contribution in [0.15, 0.2) is 30.3 Å². The molecular formula is C35H76O3Si8. The van der Waals surface area contributed by atoms with Crippen LogP contribution in [0.5, 0.6) is 0 Å². The van der Waals surface area contributed by atoms with E-state index in [4.69, 9.17) is 8.85 Å². The van der Waals surface area contributed by atoms with Crippen molar-refractivity contribution < 1.29 is 13.6 Å². The third-order valence-electron chi connectivity index (χ3n) is 11.2. The van der Waals surface area contributed by atoms with Crippen LogP contribution < -0.4 is 0 Å². The van der Waals surface area contributed by atoms with E-state index in [-0.39, 0.29) is 29.5 Å². The average molecular weight is 770 g/mol. The third-order valence-corrected chi connectivity index (χ3v) is 146. The smallest absolute Gasteiger partial charge is 0.168 e. The molecule has 1 aromatic rings. The number of Topliss-reactive ketones (excluding diaryl/α,β-unsaturated/α-hetero) is 1. The Kier molecular flexibility index (Phi) is 12.6. The molecule has 11 heteroatoms. The monoisotopic (exact) mass is 768 g/mol. The second-order valence-electron chi connectivity index (χ2n) is 21.9. The maximum atomic E-state index is 14.6. The standard InChI is InChI=1S/C35H76O3Si8/c1-35(2,3)34(38-46(42(13,14)15,43(16,17)18)44(19,20)21)31-28-27-30(32(36)29-25-23-22-24-26-29)33(31)37-45(39(4,5)6,40(7,8)9)41(10,11)12/h22-26,30-31,33-34H,27-28H2,1-21H3/t30-,31+,33-,34-/m0/s1. The van der Waals surface area contributed by atoms with Gasteiger partial charge in [0.1, 0.15) is 0 Å². The molecule has 0 amide bonds. The van der Waals surface area contributed by atoms with Crippen LogP contribution in [0.1, 0.15) is 44.0 Å². The Hall–Kier alpha value is 0.545. The Morgan fingerprint density at radius 3 is 1.30 bits per heavy atom. The molecule has 0 saturated heterocycles. The molecule has 1 aliphatic rings. The third kappa shape index (κ3) is 7.88. The van der Waals surface area contributed by atoms with Crippen molar-refractivity contribution in [3.63, 3.8) is 0 Å². The molecule has 0 heterocycles. The molecule has 266 valence electrons. The van der Waals surface area contributed by atoms with Crippen LogP contribution in [0.4, 0.5) is 0 Å². The number of hydrogen-bond donors (Lipinski definition) is 0. The van der Waals surface area contributed by atoms with E-state index in [1.165, 1.54) is 0 Å². The maximum absolute atomic E-state index is 14.6. The van der Waals surface area contributed by atoms with E-state index in [9.17, 15) is 4.79 Å². The highest BCUT2D eigenvalue weighted by atomic mass is 29.9. The Bertz CT molecular complexity index is 1110. The van der Waals surface area contributed by atoms with Gasteiger partial charge >= 0.3 is 0 Å². The molecule has 0 bridgehead atoms. The molecule has 0 aliphatic heterocycles. The van der Waals surface area contributed by atoms with E-state index in [0.717, 1.165) is 18.4 Å². The number of carbonyl (C=O) groups excluding carboxylic acids is 1.